The van der Waals surface area contributed by atoms with E-state index in [9.17, 15) is 9.59 Å². The molecule has 1 amide bonds. The number of amides is 1. The highest BCUT2D eigenvalue weighted by Gasteiger charge is 2.32. The summed E-state index contributed by atoms with van der Waals surface area (Å²) in [6.07, 6.45) is 2.30. The lowest BCUT2D eigenvalue weighted by Gasteiger charge is -2.27. The molecule has 9 heteroatoms. The Morgan fingerprint density at radius 1 is 1.24 bits per heavy atom. The van der Waals surface area contributed by atoms with Crippen LogP contribution in [0.4, 0.5) is 0 Å². The lowest BCUT2D eigenvalue weighted by molar-refractivity contribution is 0.0513. The molecular weight excluding hydrogens is 454 g/mol. The number of fused-ring (bicyclic) bond motifs is 2. The van der Waals surface area contributed by atoms with E-state index in [1.54, 1.807) is 24.1 Å². The molecular formula is C25H24ClN5O3. The topological polar surface area (TPSA) is 93.1 Å². The second-order valence-corrected chi connectivity index (χ2v) is 8.70. The predicted octanol–water partition coefficient (Wildman–Crippen LogP) is 4.14. The summed E-state index contributed by atoms with van der Waals surface area (Å²) in [6.45, 7) is 5.15. The van der Waals surface area contributed by atoms with Gasteiger partial charge in [-0.1, -0.05) is 17.7 Å². The number of aromatic amines is 1. The van der Waals surface area contributed by atoms with Crippen molar-refractivity contribution in [2.75, 3.05) is 13.2 Å². The van der Waals surface area contributed by atoms with Crippen LogP contribution in [0.3, 0.4) is 0 Å². The van der Waals surface area contributed by atoms with E-state index in [1.807, 2.05) is 41.9 Å². The van der Waals surface area contributed by atoms with Gasteiger partial charge in [0.1, 0.15) is 5.69 Å². The van der Waals surface area contributed by atoms with Gasteiger partial charge in [0.25, 0.3) is 5.91 Å². The van der Waals surface area contributed by atoms with Crippen LogP contribution in [0.25, 0.3) is 10.9 Å². The number of H-pyrrole nitrogens is 1. The molecule has 1 N–H and O–H groups in total. The summed E-state index contributed by atoms with van der Waals surface area (Å²) >= 11 is 6.15. The average molecular weight is 478 g/mol. The van der Waals surface area contributed by atoms with E-state index >= 15 is 0 Å². The number of carbonyl (C=O) groups excluding carboxylic acids is 2. The van der Waals surface area contributed by atoms with Gasteiger partial charge in [-0.05, 0) is 49.7 Å². The molecule has 174 valence electrons. The van der Waals surface area contributed by atoms with Crippen LogP contribution < -0.4 is 0 Å². The number of ether oxygens (including phenoxy) is 1. The number of aromatic nitrogens is 4. The van der Waals surface area contributed by atoms with Gasteiger partial charge in [0.15, 0.2) is 5.69 Å². The summed E-state index contributed by atoms with van der Waals surface area (Å²) in [5.74, 6) is -0.605. The maximum absolute atomic E-state index is 13.5. The number of halogens is 1. The minimum absolute atomic E-state index is 0.122. The van der Waals surface area contributed by atoms with Crippen molar-refractivity contribution in [3.63, 3.8) is 0 Å². The molecule has 0 aliphatic carbocycles. The monoisotopic (exact) mass is 477 g/mol. The van der Waals surface area contributed by atoms with Gasteiger partial charge >= 0.3 is 5.97 Å². The lowest BCUT2D eigenvalue weighted by atomic mass is 10.0. The minimum atomic E-state index is -0.482. The first-order chi connectivity index (χ1) is 16.5. The first-order valence-electron chi connectivity index (χ1n) is 11.2. The predicted molar refractivity (Wildman–Crippen MR) is 128 cm³/mol. The number of nitrogens with one attached hydrogen (secondary N) is 1. The molecule has 34 heavy (non-hydrogen) atoms. The number of aryl methyl sites for hydroxylation is 1. The summed E-state index contributed by atoms with van der Waals surface area (Å²) in [4.78, 5) is 35.6. The highest BCUT2D eigenvalue weighted by Crippen LogP contribution is 2.29. The second-order valence-electron chi connectivity index (χ2n) is 8.26. The fourth-order valence-electron chi connectivity index (χ4n) is 4.47. The maximum atomic E-state index is 13.5. The van der Waals surface area contributed by atoms with Crippen LogP contribution >= 0.6 is 11.6 Å². The zero-order valence-corrected chi connectivity index (χ0v) is 19.7. The zero-order chi connectivity index (χ0) is 23.8. The van der Waals surface area contributed by atoms with Crippen molar-refractivity contribution < 1.29 is 14.3 Å². The third-order valence-corrected chi connectivity index (χ3v) is 6.40. The Balaban J connectivity index is 1.48. The van der Waals surface area contributed by atoms with Crippen molar-refractivity contribution in [3.05, 3.63) is 81.5 Å². The highest BCUT2D eigenvalue weighted by molar-refractivity contribution is 6.31. The average Bonchev–Trinajstić information content (AvgIpc) is 3.37. The van der Waals surface area contributed by atoms with Crippen molar-refractivity contribution in [1.29, 1.82) is 0 Å². The van der Waals surface area contributed by atoms with Gasteiger partial charge in [0.2, 0.25) is 0 Å². The molecule has 1 aliphatic heterocycles. The fourth-order valence-corrected chi connectivity index (χ4v) is 4.65. The Morgan fingerprint density at radius 2 is 2.09 bits per heavy atom. The summed E-state index contributed by atoms with van der Waals surface area (Å²) in [7, 11) is 0. The molecule has 8 nitrogen and oxygen atoms in total. The quantitative estimate of drug-likeness (QED) is 0.436. The van der Waals surface area contributed by atoms with E-state index in [-0.39, 0.29) is 24.8 Å². The Morgan fingerprint density at radius 3 is 2.85 bits per heavy atom. The SMILES string of the molecule is CCOC(=O)c1nn(Cc2ccccn2)c2c1CN(C(=O)c1[nH]c3ccc(Cl)cc3c1C)CC2. The first kappa shape index (κ1) is 22.2. The van der Waals surface area contributed by atoms with Gasteiger partial charge in [-0.2, -0.15) is 5.10 Å². The van der Waals surface area contributed by atoms with Crippen LogP contribution in [0.1, 0.15) is 50.4 Å². The van der Waals surface area contributed by atoms with Crippen molar-refractivity contribution >= 4 is 34.4 Å². The normalized spacial score (nSPS) is 13.2. The van der Waals surface area contributed by atoms with Gasteiger partial charge in [0.05, 0.1) is 25.4 Å². The van der Waals surface area contributed by atoms with Crippen LogP contribution in [-0.2, 0) is 24.2 Å². The molecule has 0 atom stereocenters. The van der Waals surface area contributed by atoms with Gasteiger partial charge in [-0.3, -0.25) is 14.5 Å². The molecule has 1 aromatic carbocycles. The number of hydrogen-bond donors (Lipinski definition) is 1. The lowest BCUT2D eigenvalue weighted by Crippen LogP contribution is -2.37. The summed E-state index contributed by atoms with van der Waals surface area (Å²) < 4.78 is 7.06. The molecule has 4 heterocycles. The molecule has 0 bridgehead atoms. The molecule has 4 aromatic rings. The molecule has 5 rings (SSSR count). The van der Waals surface area contributed by atoms with E-state index in [0.717, 1.165) is 33.4 Å². The van der Waals surface area contributed by atoms with E-state index in [1.165, 1.54) is 0 Å². The molecule has 0 fully saturated rings. The Hall–Kier alpha value is -3.65. The van der Waals surface area contributed by atoms with Gasteiger partial charge in [-0.15, -0.1) is 0 Å². The number of pyridine rings is 1. The standard InChI is InChI=1S/C25H24ClN5O3/c1-3-34-25(33)23-19-14-30(11-9-21(19)31(29-23)13-17-6-4-5-10-27-17)24(32)22-15(2)18-12-16(26)7-8-20(18)28-22/h4-8,10,12,28H,3,9,11,13-14H2,1-2H3. The van der Waals surface area contributed by atoms with E-state index in [4.69, 9.17) is 16.3 Å². The Bertz CT molecular complexity index is 1390. The van der Waals surface area contributed by atoms with Gasteiger partial charge in [-0.25, -0.2) is 4.79 Å². The summed E-state index contributed by atoms with van der Waals surface area (Å²) in [6, 6.07) is 11.2. The van der Waals surface area contributed by atoms with Crippen molar-refractivity contribution in [2.45, 2.75) is 33.4 Å². The first-order valence-corrected chi connectivity index (χ1v) is 11.6. The number of benzene rings is 1. The second kappa shape index (κ2) is 8.95. The smallest absolute Gasteiger partial charge is 0.359 e. The molecule has 1 aliphatic rings. The van der Waals surface area contributed by atoms with Crippen LogP contribution in [0.5, 0.6) is 0 Å². The van der Waals surface area contributed by atoms with E-state index < -0.39 is 5.97 Å². The number of nitrogens with zero attached hydrogens (tertiary/aromatic N) is 4. The minimum Gasteiger partial charge on any atom is -0.461 e. The summed E-state index contributed by atoms with van der Waals surface area (Å²) in [5.41, 5.74) is 4.99. The Kier molecular flexibility index (Phi) is 5.83. The molecule has 0 radical (unpaired) electrons. The molecule has 3 aromatic heterocycles. The molecule has 0 spiro atoms. The number of esters is 1. The molecule has 0 saturated carbocycles. The third-order valence-electron chi connectivity index (χ3n) is 6.16. The molecule has 0 saturated heterocycles. The van der Waals surface area contributed by atoms with Crippen LogP contribution in [-0.4, -0.2) is 49.7 Å². The van der Waals surface area contributed by atoms with Crippen molar-refractivity contribution in [1.82, 2.24) is 24.6 Å². The number of rotatable bonds is 5. The van der Waals surface area contributed by atoms with Crippen LogP contribution in [0.15, 0.2) is 42.6 Å². The fraction of sp³-hybridized carbons (Fsp3) is 0.280. The number of hydrogen-bond acceptors (Lipinski definition) is 5. The number of carbonyl (C=O) groups is 2. The van der Waals surface area contributed by atoms with Crippen LogP contribution in [0, 0.1) is 6.92 Å². The maximum Gasteiger partial charge on any atom is 0.359 e. The highest BCUT2D eigenvalue weighted by atomic mass is 35.5. The third kappa shape index (κ3) is 3.94. The Labute approximate surface area is 201 Å². The van der Waals surface area contributed by atoms with Crippen LogP contribution in [0.2, 0.25) is 5.02 Å². The largest absolute Gasteiger partial charge is 0.461 e. The van der Waals surface area contributed by atoms with E-state index in [0.29, 0.717) is 30.2 Å². The van der Waals surface area contributed by atoms with Crippen molar-refractivity contribution in [3.8, 4) is 0 Å². The summed E-state index contributed by atoms with van der Waals surface area (Å²) in [5, 5.41) is 6.12. The van der Waals surface area contributed by atoms with E-state index in [2.05, 4.69) is 15.1 Å². The van der Waals surface area contributed by atoms with Crippen molar-refractivity contribution in [2.24, 2.45) is 0 Å². The van der Waals surface area contributed by atoms with Gasteiger partial charge in [0, 0.05) is 46.3 Å². The van der Waals surface area contributed by atoms with Gasteiger partial charge < -0.3 is 14.6 Å². The molecule has 0 unspecified atom stereocenters. The zero-order valence-electron chi connectivity index (χ0n) is 19.0.